The number of hydrogen-bond donors (Lipinski definition) is 1. The smallest absolute Gasteiger partial charge is 0.0466 e. The van der Waals surface area contributed by atoms with Gasteiger partial charge in [0.1, 0.15) is 0 Å². The molecule has 0 fully saturated rings. The molecule has 0 heterocycles. The Morgan fingerprint density at radius 2 is 0.833 bits per heavy atom. The zero-order valence-corrected chi connectivity index (χ0v) is 13.0. The fourth-order valence-electron chi connectivity index (χ4n) is 2.07. The summed E-state index contributed by atoms with van der Waals surface area (Å²) in [6.07, 6.45) is 16.3. The Bertz CT molecular complexity index is 114. The molecule has 0 amide bonds. The predicted molar refractivity (Wildman–Crippen MR) is 82.6 cm³/mol. The summed E-state index contributed by atoms with van der Waals surface area (Å²) < 4.78 is 5.65. The largest absolute Gasteiger partial charge is 0.381 e. The van der Waals surface area contributed by atoms with E-state index in [1.165, 1.54) is 77.0 Å². The zero-order valence-electron chi connectivity index (χ0n) is 13.0. The van der Waals surface area contributed by atoms with E-state index in [4.69, 9.17) is 4.74 Å². The average Bonchev–Trinajstić information content (AvgIpc) is 2.35. The number of hydrogen-bond acceptors (Lipinski definition) is 2. The van der Waals surface area contributed by atoms with Crippen LogP contribution in [0.25, 0.3) is 0 Å². The van der Waals surface area contributed by atoms with E-state index in [9.17, 15) is 0 Å². The molecule has 0 atom stereocenters. The van der Waals surface area contributed by atoms with Gasteiger partial charge in [0.25, 0.3) is 0 Å². The number of ether oxygens (including phenoxy) is 1. The van der Waals surface area contributed by atoms with Crippen molar-refractivity contribution in [3.63, 3.8) is 0 Å². The van der Waals surface area contributed by atoms with Gasteiger partial charge in [-0.05, 0) is 12.8 Å². The van der Waals surface area contributed by atoms with Crippen LogP contribution in [0.4, 0.5) is 0 Å². The molecule has 0 spiro atoms. The van der Waals surface area contributed by atoms with E-state index in [2.05, 4.69) is 13.8 Å². The summed E-state index contributed by atoms with van der Waals surface area (Å²) in [5.41, 5.74) is 0. The van der Waals surface area contributed by atoms with Crippen LogP contribution in [0, 0.1) is 0 Å². The van der Waals surface area contributed by atoms with Crippen LogP contribution in [-0.2, 0) is 4.74 Å². The molecule has 18 heavy (non-hydrogen) atoms. The molecule has 0 aliphatic rings. The van der Waals surface area contributed by atoms with E-state index < -0.39 is 0 Å². The molecular formula is C16H37NO. The van der Waals surface area contributed by atoms with Crippen LogP contribution in [0.3, 0.4) is 0 Å². The van der Waals surface area contributed by atoms with Crippen molar-refractivity contribution < 1.29 is 4.74 Å². The Kier molecular flexibility index (Phi) is 21.7. The standard InChI is InChI=1S/C16H34O.H3N/c1-3-5-7-9-11-13-15-17-16-14-12-10-8-6-4-2;/h3-16H2,1-2H3;1H3. The van der Waals surface area contributed by atoms with E-state index in [0.717, 1.165) is 13.2 Å². The minimum Gasteiger partial charge on any atom is -0.381 e. The fraction of sp³-hybridized carbons (Fsp3) is 1.00. The Morgan fingerprint density at radius 1 is 0.500 bits per heavy atom. The quantitative estimate of drug-likeness (QED) is 0.395. The molecular weight excluding hydrogens is 222 g/mol. The van der Waals surface area contributed by atoms with Gasteiger partial charge in [0.15, 0.2) is 0 Å². The molecule has 0 saturated heterocycles. The van der Waals surface area contributed by atoms with Crippen molar-refractivity contribution in [2.75, 3.05) is 13.2 Å². The summed E-state index contributed by atoms with van der Waals surface area (Å²) >= 11 is 0. The van der Waals surface area contributed by atoms with Gasteiger partial charge in [0, 0.05) is 13.2 Å². The lowest BCUT2D eigenvalue weighted by atomic mass is 10.1. The lowest BCUT2D eigenvalue weighted by Gasteiger charge is -2.04. The summed E-state index contributed by atoms with van der Waals surface area (Å²) in [6.45, 7) is 6.51. The Morgan fingerprint density at radius 3 is 1.22 bits per heavy atom. The van der Waals surface area contributed by atoms with Gasteiger partial charge in [-0.1, -0.05) is 78.1 Å². The van der Waals surface area contributed by atoms with Crippen molar-refractivity contribution in [1.82, 2.24) is 6.15 Å². The van der Waals surface area contributed by atoms with Gasteiger partial charge in [0.2, 0.25) is 0 Å². The number of unbranched alkanes of at least 4 members (excludes halogenated alkanes) is 10. The van der Waals surface area contributed by atoms with Crippen molar-refractivity contribution in [1.29, 1.82) is 0 Å². The normalized spacial score (nSPS) is 10.3. The van der Waals surface area contributed by atoms with Gasteiger partial charge in [-0.25, -0.2) is 0 Å². The minimum absolute atomic E-state index is 0. The molecule has 2 nitrogen and oxygen atoms in total. The van der Waals surface area contributed by atoms with Crippen molar-refractivity contribution >= 4 is 0 Å². The van der Waals surface area contributed by atoms with E-state index >= 15 is 0 Å². The predicted octanol–water partition coefficient (Wildman–Crippen LogP) is 5.89. The summed E-state index contributed by atoms with van der Waals surface area (Å²) in [5, 5.41) is 0. The van der Waals surface area contributed by atoms with Crippen LogP contribution in [0.2, 0.25) is 0 Å². The Balaban J connectivity index is 0. The first-order valence-electron chi connectivity index (χ1n) is 7.99. The molecule has 0 aliphatic heterocycles. The highest BCUT2D eigenvalue weighted by molar-refractivity contribution is 4.45. The van der Waals surface area contributed by atoms with Crippen molar-refractivity contribution in [2.45, 2.75) is 90.9 Å². The van der Waals surface area contributed by atoms with Gasteiger partial charge in [-0.2, -0.15) is 0 Å². The highest BCUT2D eigenvalue weighted by Gasteiger charge is 1.92. The average molecular weight is 259 g/mol. The van der Waals surface area contributed by atoms with Gasteiger partial charge < -0.3 is 10.9 Å². The molecule has 0 aliphatic carbocycles. The first kappa shape index (κ1) is 20.2. The summed E-state index contributed by atoms with van der Waals surface area (Å²) in [7, 11) is 0. The van der Waals surface area contributed by atoms with Gasteiger partial charge >= 0.3 is 0 Å². The molecule has 112 valence electrons. The summed E-state index contributed by atoms with van der Waals surface area (Å²) in [5.74, 6) is 0. The maximum Gasteiger partial charge on any atom is 0.0466 e. The molecule has 0 aromatic carbocycles. The van der Waals surface area contributed by atoms with E-state index in [-0.39, 0.29) is 6.15 Å². The molecule has 0 rings (SSSR count). The molecule has 3 N–H and O–H groups in total. The van der Waals surface area contributed by atoms with Gasteiger partial charge in [-0.15, -0.1) is 0 Å². The minimum atomic E-state index is 0. The second kappa shape index (κ2) is 19.3. The second-order valence-corrected chi connectivity index (χ2v) is 5.15. The second-order valence-electron chi connectivity index (χ2n) is 5.15. The summed E-state index contributed by atoms with van der Waals surface area (Å²) in [6, 6.07) is 0. The third-order valence-electron chi connectivity index (χ3n) is 3.28. The van der Waals surface area contributed by atoms with E-state index in [1.54, 1.807) is 0 Å². The fourth-order valence-corrected chi connectivity index (χ4v) is 2.07. The first-order chi connectivity index (χ1) is 8.41. The molecule has 0 unspecified atom stereocenters. The zero-order chi connectivity index (χ0) is 12.6. The molecule has 0 saturated carbocycles. The third kappa shape index (κ3) is 18.3. The highest BCUT2D eigenvalue weighted by atomic mass is 16.5. The Hall–Kier alpha value is -0.0800. The van der Waals surface area contributed by atoms with Gasteiger partial charge in [-0.3, -0.25) is 0 Å². The molecule has 0 radical (unpaired) electrons. The van der Waals surface area contributed by atoms with Crippen LogP contribution < -0.4 is 6.15 Å². The molecule has 0 aromatic rings. The maximum atomic E-state index is 5.65. The maximum absolute atomic E-state index is 5.65. The lowest BCUT2D eigenvalue weighted by Crippen LogP contribution is -1.97. The molecule has 2 heteroatoms. The van der Waals surface area contributed by atoms with Crippen LogP contribution in [0.1, 0.15) is 90.9 Å². The van der Waals surface area contributed by atoms with Crippen LogP contribution in [0.15, 0.2) is 0 Å². The Labute approximate surface area is 115 Å². The topological polar surface area (TPSA) is 44.2 Å². The van der Waals surface area contributed by atoms with Crippen LogP contribution in [-0.4, -0.2) is 13.2 Å². The highest BCUT2D eigenvalue weighted by Crippen LogP contribution is 2.06. The first-order valence-corrected chi connectivity index (χ1v) is 7.99. The van der Waals surface area contributed by atoms with Gasteiger partial charge in [0.05, 0.1) is 0 Å². The molecule has 0 aromatic heterocycles. The SMILES string of the molecule is CCCCCCCCOCCCCCCCC.N. The van der Waals surface area contributed by atoms with Crippen molar-refractivity contribution in [2.24, 2.45) is 0 Å². The van der Waals surface area contributed by atoms with E-state index in [0.29, 0.717) is 0 Å². The van der Waals surface area contributed by atoms with Crippen molar-refractivity contribution in [3.8, 4) is 0 Å². The lowest BCUT2D eigenvalue weighted by molar-refractivity contribution is 0.125. The number of rotatable bonds is 14. The van der Waals surface area contributed by atoms with Crippen LogP contribution in [0.5, 0.6) is 0 Å². The third-order valence-corrected chi connectivity index (χ3v) is 3.28. The summed E-state index contributed by atoms with van der Waals surface area (Å²) in [4.78, 5) is 0. The van der Waals surface area contributed by atoms with E-state index in [1.807, 2.05) is 0 Å². The molecule has 0 bridgehead atoms. The van der Waals surface area contributed by atoms with Crippen LogP contribution >= 0.6 is 0 Å². The monoisotopic (exact) mass is 259 g/mol. The van der Waals surface area contributed by atoms with Crippen molar-refractivity contribution in [3.05, 3.63) is 0 Å².